The molecular formula is C10H11ClF3N. The van der Waals surface area contributed by atoms with E-state index in [1.54, 1.807) is 13.8 Å². The lowest BCUT2D eigenvalue weighted by atomic mass is 9.98. The fourth-order valence-corrected chi connectivity index (χ4v) is 1.58. The molecule has 1 aromatic rings. The second kappa shape index (κ2) is 3.93. The zero-order chi connectivity index (χ0) is 11.8. The summed E-state index contributed by atoms with van der Waals surface area (Å²) in [6, 6.07) is 2.32. The SMILES string of the molecule is CC(C)c1cc(Cl)cc(C(F)(F)F)c1N. The molecule has 5 heteroatoms. The minimum absolute atomic E-state index is 0.0558. The van der Waals surface area contributed by atoms with E-state index in [4.69, 9.17) is 17.3 Å². The number of halogens is 4. The Balaban J connectivity index is 3.42. The second-order valence-corrected chi connectivity index (χ2v) is 4.05. The molecule has 15 heavy (non-hydrogen) atoms. The van der Waals surface area contributed by atoms with Gasteiger partial charge in [-0.1, -0.05) is 25.4 Å². The van der Waals surface area contributed by atoms with Gasteiger partial charge in [-0.15, -0.1) is 0 Å². The molecule has 0 radical (unpaired) electrons. The molecule has 0 fully saturated rings. The van der Waals surface area contributed by atoms with Crippen molar-refractivity contribution >= 4 is 17.3 Å². The molecule has 0 heterocycles. The molecule has 1 nitrogen and oxygen atoms in total. The monoisotopic (exact) mass is 237 g/mol. The Morgan fingerprint density at radius 3 is 2.20 bits per heavy atom. The van der Waals surface area contributed by atoms with E-state index in [1.165, 1.54) is 6.07 Å². The van der Waals surface area contributed by atoms with Crippen molar-refractivity contribution in [2.24, 2.45) is 0 Å². The number of nitrogens with two attached hydrogens (primary N) is 1. The molecular weight excluding hydrogens is 227 g/mol. The van der Waals surface area contributed by atoms with Gasteiger partial charge in [0.05, 0.1) is 5.56 Å². The summed E-state index contributed by atoms with van der Waals surface area (Å²) in [6.45, 7) is 3.53. The van der Waals surface area contributed by atoms with Crippen molar-refractivity contribution in [3.63, 3.8) is 0 Å². The summed E-state index contributed by atoms with van der Waals surface area (Å²) in [7, 11) is 0. The minimum atomic E-state index is -4.46. The van der Waals surface area contributed by atoms with Crippen molar-refractivity contribution in [2.45, 2.75) is 25.9 Å². The first-order valence-corrected chi connectivity index (χ1v) is 4.77. The number of hydrogen-bond donors (Lipinski definition) is 1. The summed E-state index contributed by atoms with van der Waals surface area (Å²) in [6.07, 6.45) is -4.46. The Kier molecular flexibility index (Phi) is 3.19. The Morgan fingerprint density at radius 1 is 1.27 bits per heavy atom. The topological polar surface area (TPSA) is 26.0 Å². The lowest BCUT2D eigenvalue weighted by molar-refractivity contribution is -0.136. The van der Waals surface area contributed by atoms with Gasteiger partial charge >= 0.3 is 6.18 Å². The third-order valence-corrected chi connectivity index (χ3v) is 2.32. The van der Waals surface area contributed by atoms with Gasteiger partial charge in [0.1, 0.15) is 0 Å². The van der Waals surface area contributed by atoms with Gasteiger partial charge in [0.25, 0.3) is 0 Å². The van der Waals surface area contributed by atoms with Crippen LogP contribution in [-0.2, 0) is 6.18 Å². The molecule has 2 N–H and O–H groups in total. The number of hydrogen-bond acceptors (Lipinski definition) is 1. The van der Waals surface area contributed by atoms with Crippen LogP contribution in [0.3, 0.4) is 0 Å². The fourth-order valence-electron chi connectivity index (χ4n) is 1.35. The summed E-state index contributed by atoms with van der Waals surface area (Å²) < 4.78 is 37.6. The summed E-state index contributed by atoms with van der Waals surface area (Å²) >= 11 is 5.62. The summed E-state index contributed by atoms with van der Waals surface area (Å²) in [4.78, 5) is 0. The van der Waals surface area contributed by atoms with Crippen LogP contribution in [0.1, 0.15) is 30.9 Å². The third-order valence-electron chi connectivity index (χ3n) is 2.10. The Morgan fingerprint density at radius 2 is 1.80 bits per heavy atom. The van der Waals surface area contributed by atoms with Gasteiger partial charge in [-0.3, -0.25) is 0 Å². The molecule has 0 atom stereocenters. The van der Waals surface area contributed by atoms with Crippen LogP contribution in [0.25, 0.3) is 0 Å². The van der Waals surface area contributed by atoms with Gasteiger partial charge in [0.2, 0.25) is 0 Å². The lowest BCUT2D eigenvalue weighted by Gasteiger charge is -2.16. The van der Waals surface area contributed by atoms with Gasteiger partial charge < -0.3 is 5.73 Å². The van der Waals surface area contributed by atoms with Gasteiger partial charge in [-0.2, -0.15) is 13.2 Å². The van der Waals surface area contributed by atoms with Crippen LogP contribution in [0, 0.1) is 0 Å². The number of nitrogen functional groups attached to an aromatic ring is 1. The predicted molar refractivity (Wildman–Crippen MR) is 55.0 cm³/mol. The van der Waals surface area contributed by atoms with Crippen molar-refractivity contribution in [1.82, 2.24) is 0 Å². The standard InChI is InChI=1S/C10H11ClF3N/c1-5(2)7-3-6(11)4-8(9(7)15)10(12,13)14/h3-5H,15H2,1-2H3. The fraction of sp³-hybridized carbons (Fsp3) is 0.400. The Bertz CT molecular complexity index is 372. The number of alkyl halides is 3. The van der Waals surface area contributed by atoms with Crippen molar-refractivity contribution in [3.8, 4) is 0 Å². The van der Waals surface area contributed by atoms with Crippen LogP contribution < -0.4 is 5.73 Å². The molecule has 1 rings (SSSR count). The maximum atomic E-state index is 12.5. The third kappa shape index (κ3) is 2.56. The lowest BCUT2D eigenvalue weighted by Crippen LogP contribution is -2.11. The molecule has 0 aliphatic rings. The highest BCUT2D eigenvalue weighted by molar-refractivity contribution is 6.30. The first-order chi connectivity index (χ1) is 6.73. The Hall–Kier alpha value is -0.900. The van der Waals surface area contributed by atoms with Crippen LogP contribution in [0.2, 0.25) is 5.02 Å². The highest BCUT2D eigenvalue weighted by Crippen LogP contribution is 2.39. The zero-order valence-corrected chi connectivity index (χ0v) is 9.08. The molecule has 1 aromatic carbocycles. The minimum Gasteiger partial charge on any atom is -0.398 e. The zero-order valence-electron chi connectivity index (χ0n) is 8.32. The number of rotatable bonds is 1. The average Bonchev–Trinajstić information content (AvgIpc) is 2.06. The first-order valence-electron chi connectivity index (χ1n) is 4.39. The molecule has 84 valence electrons. The van der Waals surface area contributed by atoms with Crippen molar-refractivity contribution < 1.29 is 13.2 Å². The molecule has 0 amide bonds. The van der Waals surface area contributed by atoms with Crippen LogP contribution >= 0.6 is 11.6 Å². The van der Waals surface area contributed by atoms with Crippen LogP contribution in [0.15, 0.2) is 12.1 Å². The average molecular weight is 238 g/mol. The number of anilines is 1. The molecule has 0 saturated carbocycles. The summed E-state index contributed by atoms with van der Waals surface area (Å²) in [5, 5.41) is 0.0558. The molecule has 0 saturated heterocycles. The van der Waals surface area contributed by atoms with E-state index in [1.807, 2.05) is 0 Å². The van der Waals surface area contributed by atoms with E-state index in [-0.39, 0.29) is 16.6 Å². The van der Waals surface area contributed by atoms with Gasteiger partial charge in [0, 0.05) is 10.7 Å². The predicted octanol–water partition coefficient (Wildman–Crippen LogP) is 4.06. The second-order valence-electron chi connectivity index (χ2n) is 3.61. The van der Waals surface area contributed by atoms with E-state index in [9.17, 15) is 13.2 Å². The molecule has 0 spiro atoms. The number of benzene rings is 1. The quantitative estimate of drug-likeness (QED) is 0.733. The van der Waals surface area contributed by atoms with E-state index in [2.05, 4.69) is 0 Å². The van der Waals surface area contributed by atoms with E-state index < -0.39 is 11.7 Å². The highest BCUT2D eigenvalue weighted by atomic mass is 35.5. The van der Waals surface area contributed by atoms with Gasteiger partial charge in [0.15, 0.2) is 0 Å². The van der Waals surface area contributed by atoms with E-state index >= 15 is 0 Å². The Labute approximate surface area is 91.0 Å². The van der Waals surface area contributed by atoms with E-state index in [0.717, 1.165) is 6.07 Å². The van der Waals surface area contributed by atoms with Crippen LogP contribution in [-0.4, -0.2) is 0 Å². The largest absolute Gasteiger partial charge is 0.418 e. The molecule has 0 unspecified atom stereocenters. The smallest absolute Gasteiger partial charge is 0.398 e. The van der Waals surface area contributed by atoms with Gasteiger partial charge in [-0.05, 0) is 23.6 Å². The van der Waals surface area contributed by atoms with Crippen molar-refractivity contribution in [1.29, 1.82) is 0 Å². The van der Waals surface area contributed by atoms with Crippen LogP contribution in [0.4, 0.5) is 18.9 Å². The highest BCUT2D eigenvalue weighted by Gasteiger charge is 2.34. The van der Waals surface area contributed by atoms with E-state index in [0.29, 0.717) is 5.56 Å². The normalized spacial score (nSPS) is 12.2. The van der Waals surface area contributed by atoms with Crippen LogP contribution in [0.5, 0.6) is 0 Å². The van der Waals surface area contributed by atoms with Crippen molar-refractivity contribution in [3.05, 3.63) is 28.3 Å². The molecule has 0 aliphatic heterocycles. The summed E-state index contributed by atoms with van der Waals surface area (Å²) in [5.74, 6) is -0.0928. The molecule has 0 aliphatic carbocycles. The maximum Gasteiger partial charge on any atom is 0.418 e. The molecule has 0 bridgehead atoms. The molecule has 0 aromatic heterocycles. The van der Waals surface area contributed by atoms with Gasteiger partial charge in [-0.25, -0.2) is 0 Å². The summed E-state index contributed by atoms with van der Waals surface area (Å²) in [5.41, 5.74) is 4.79. The first kappa shape index (κ1) is 12.2. The van der Waals surface area contributed by atoms with Crippen molar-refractivity contribution in [2.75, 3.05) is 5.73 Å². The maximum absolute atomic E-state index is 12.5.